The Kier molecular flexibility index (Phi) is 5.49. The first kappa shape index (κ1) is 19.4. The second-order valence-corrected chi connectivity index (χ2v) is 7.54. The molecule has 4 rings (SSSR count). The van der Waals surface area contributed by atoms with E-state index in [-0.39, 0.29) is 0 Å². The maximum absolute atomic E-state index is 10.7. The smallest absolute Gasteiger partial charge is 0.128 e. The van der Waals surface area contributed by atoms with E-state index in [0.29, 0.717) is 11.8 Å². The van der Waals surface area contributed by atoms with Gasteiger partial charge in [-0.05, 0) is 47.2 Å². The highest BCUT2D eigenvalue weighted by molar-refractivity contribution is 5.88. The van der Waals surface area contributed by atoms with E-state index in [9.17, 15) is 5.11 Å². The van der Waals surface area contributed by atoms with Crippen LogP contribution < -0.4 is 19.1 Å². The van der Waals surface area contributed by atoms with Crippen LogP contribution in [0.5, 0.6) is 23.0 Å². The van der Waals surface area contributed by atoms with Crippen LogP contribution in [0.15, 0.2) is 48.5 Å². The summed E-state index contributed by atoms with van der Waals surface area (Å²) < 4.78 is 16.5. The molecular formula is C24H28NO4+. The van der Waals surface area contributed by atoms with Gasteiger partial charge < -0.3 is 24.2 Å². The lowest BCUT2D eigenvalue weighted by molar-refractivity contribution is -0.931. The molecule has 0 saturated carbocycles. The highest BCUT2D eigenvalue weighted by Gasteiger charge is 2.33. The minimum Gasteiger partial charge on any atom is -0.507 e. The maximum atomic E-state index is 10.7. The molecule has 29 heavy (non-hydrogen) atoms. The molecule has 3 aromatic carbocycles. The Bertz CT molecular complexity index is 1020. The number of hydrogen-bond acceptors (Lipinski definition) is 4. The van der Waals surface area contributed by atoms with Crippen molar-refractivity contribution in [2.24, 2.45) is 0 Å². The van der Waals surface area contributed by atoms with E-state index in [4.69, 9.17) is 14.2 Å². The summed E-state index contributed by atoms with van der Waals surface area (Å²) in [4.78, 5) is 1.42. The Morgan fingerprint density at radius 1 is 0.931 bits per heavy atom. The molecule has 1 fully saturated rings. The monoisotopic (exact) mass is 394 g/mol. The third kappa shape index (κ3) is 3.70. The number of phenolic OH excluding ortho intramolecular Hbond substituents is 1. The summed E-state index contributed by atoms with van der Waals surface area (Å²) in [7, 11) is 5.07. The molecule has 0 spiro atoms. The van der Waals surface area contributed by atoms with Crippen molar-refractivity contribution in [2.75, 3.05) is 27.9 Å². The first-order chi connectivity index (χ1) is 14.1. The fourth-order valence-corrected chi connectivity index (χ4v) is 4.50. The number of phenols is 1. The molecule has 0 amide bonds. The summed E-state index contributed by atoms with van der Waals surface area (Å²) >= 11 is 0. The van der Waals surface area contributed by atoms with Crippen molar-refractivity contribution in [1.29, 1.82) is 0 Å². The molecule has 1 unspecified atom stereocenters. The van der Waals surface area contributed by atoms with Gasteiger partial charge in [0, 0.05) is 12.8 Å². The first-order valence-corrected chi connectivity index (χ1v) is 9.99. The molecule has 0 aliphatic carbocycles. The molecule has 3 aromatic rings. The predicted molar refractivity (Wildman–Crippen MR) is 113 cm³/mol. The number of methoxy groups -OCH3 is 3. The number of rotatable bonds is 6. The summed E-state index contributed by atoms with van der Waals surface area (Å²) in [6, 6.07) is 16.0. The quantitative estimate of drug-likeness (QED) is 0.672. The van der Waals surface area contributed by atoms with E-state index in [2.05, 4.69) is 6.07 Å². The number of ether oxygens (including phenoxy) is 3. The number of fused-ring (bicyclic) bond motifs is 1. The maximum Gasteiger partial charge on any atom is 0.128 e. The third-order valence-corrected chi connectivity index (χ3v) is 6.02. The van der Waals surface area contributed by atoms with Crippen molar-refractivity contribution in [3.8, 4) is 23.0 Å². The second kappa shape index (κ2) is 8.21. The largest absolute Gasteiger partial charge is 0.507 e. The van der Waals surface area contributed by atoms with Gasteiger partial charge in [-0.15, -0.1) is 0 Å². The molecule has 1 aliphatic heterocycles. The molecule has 1 saturated heterocycles. The molecule has 2 atom stereocenters. The van der Waals surface area contributed by atoms with E-state index < -0.39 is 0 Å². The second-order valence-electron chi connectivity index (χ2n) is 7.54. The van der Waals surface area contributed by atoms with Gasteiger partial charge in [-0.2, -0.15) is 0 Å². The van der Waals surface area contributed by atoms with Crippen LogP contribution in [0.2, 0.25) is 0 Å². The lowest BCUT2D eigenvalue weighted by Gasteiger charge is -2.24. The van der Waals surface area contributed by atoms with Gasteiger partial charge in [0.1, 0.15) is 35.6 Å². The minimum atomic E-state index is 0.292. The number of likely N-dealkylation sites (tertiary alicyclic amines) is 1. The van der Waals surface area contributed by atoms with Crippen molar-refractivity contribution in [1.82, 2.24) is 0 Å². The van der Waals surface area contributed by atoms with Crippen LogP contribution in [0.4, 0.5) is 0 Å². The molecule has 0 aromatic heterocycles. The zero-order chi connectivity index (χ0) is 20.4. The van der Waals surface area contributed by atoms with Gasteiger partial charge in [-0.3, -0.25) is 0 Å². The van der Waals surface area contributed by atoms with Crippen LogP contribution in [0.25, 0.3) is 10.8 Å². The molecule has 1 aliphatic rings. The van der Waals surface area contributed by atoms with Crippen molar-refractivity contribution < 1.29 is 24.2 Å². The summed E-state index contributed by atoms with van der Waals surface area (Å²) in [5.74, 6) is 2.86. The normalized spacial score (nSPS) is 18.7. The number of hydrogen-bond donors (Lipinski definition) is 2. The van der Waals surface area contributed by atoms with Crippen LogP contribution in [0.1, 0.15) is 30.0 Å². The Hall–Kier alpha value is -2.92. The Morgan fingerprint density at radius 2 is 1.66 bits per heavy atom. The fourth-order valence-electron chi connectivity index (χ4n) is 4.50. The molecule has 2 N–H and O–H groups in total. The average Bonchev–Trinajstić information content (AvgIpc) is 3.23. The Labute approximate surface area is 171 Å². The summed E-state index contributed by atoms with van der Waals surface area (Å²) in [6.45, 7) is 1.78. The molecule has 0 radical (unpaired) electrons. The number of benzene rings is 3. The first-order valence-electron chi connectivity index (χ1n) is 9.99. The summed E-state index contributed by atoms with van der Waals surface area (Å²) in [5, 5.41) is 12.8. The average molecular weight is 394 g/mol. The SMILES string of the molecule is COc1ccc(OC)c([C@@H]2CCC[NH+]2Cc2c(O)ccc3ccc(OC)cc23)c1. The van der Waals surface area contributed by atoms with Crippen LogP contribution in [0, 0.1) is 0 Å². The highest BCUT2D eigenvalue weighted by Crippen LogP contribution is 2.34. The molecule has 0 bridgehead atoms. The van der Waals surface area contributed by atoms with Crippen molar-refractivity contribution in [3.05, 3.63) is 59.7 Å². The van der Waals surface area contributed by atoms with Crippen LogP contribution in [-0.2, 0) is 6.54 Å². The van der Waals surface area contributed by atoms with Gasteiger partial charge in [-0.1, -0.05) is 12.1 Å². The van der Waals surface area contributed by atoms with Crippen LogP contribution in [0.3, 0.4) is 0 Å². The lowest BCUT2D eigenvalue weighted by atomic mass is 10.00. The van der Waals surface area contributed by atoms with Gasteiger partial charge >= 0.3 is 0 Å². The molecular weight excluding hydrogens is 366 g/mol. The van der Waals surface area contributed by atoms with E-state index >= 15 is 0 Å². The number of nitrogens with one attached hydrogen (secondary N) is 1. The minimum absolute atomic E-state index is 0.292. The Balaban J connectivity index is 1.72. The van der Waals surface area contributed by atoms with Gasteiger partial charge in [-0.25, -0.2) is 0 Å². The summed E-state index contributed by atoms with van der Waals surface area (Å²) in [6.07, 6.45) is 2.21. The van der Waals surface area contributed by atoms with Crippen LogP contribution in [-0.4, -0.2) is 33.0 Å². The van der Waals surface area contributed by atoms with Crippen molar-refractivity contribution in [2.45, 2.75) is 25.4 Å². The molecule has 5 heteroatoms. The molecule has 152 valence electrons. The number of quaternary nitrogens is 1. The van der Waals surface area contributed by atoms with Gasteiger partial charge in [0.2, 0.25) is 0 Å². The van der Waals surface area contributed by atoms with Crippen molar-refractivity contribution in [3.63, 3.8) is 0 Å². The third-order valence-electron chi connectivity index (χ3n) is 6.02. The van der Waals surface area contributed by atoms with E-state index in [0.717, 1.165) is 65.1 Å². The van der Waals surface area contributed by atoms with E-state index in [1.54, 1.807) is 27.4 Å². The van der Waals surface area contributed by atoms with E-state index in [1.165, 1.54) is 4.90 Å². The predicted octanol–water partition coefficient (Wildman–Crippen LogP) is 3.49. The van der Waals surface area contributed by atoms with Gasteiger partial charge in [0.25, 0.3) is 0 Å². The topological polar surface area (TPSA) is 52.4 Å². The van der Waals surface area contributed by atoms with Crippen LogP contribution >= 0.6 is 0 Å². The van der Waals surface area contributed by atoms with Gasteiger partial charge in [0.15, 0.2) is 0 Å². The highest BCUT2D eigenvalue weighted by atomic mass is 16.5. The number of aromatic hydroxyl groups is 1. The summed E-state index contributed by atoms with van der Waals surface area (Å²) in [5.41, 5.74) is 2.13. The Morgan fingerprint density at radius 3 is 2.41 bits per heavy atom. The lowest BCUT2D eigenvalue weighted by Crippen LogP contribution is -3.08. The zero-order valence-corrected chi connectivity index (χ0v) is 17.2. The van der Waals surface area contributed by atoms with Crippen molar-refractivity contribution >= 4 is 10.8 Å². The molecule has 1 heterocycles. The van der Waals surface area contributed by atoms with E-state index in [1.807, 2.05) is 36.4 Å². The zero-order valence-electron chi connectivity index (χ0n) is 17.2. The standard InChI is InChI=1S/C24H27NO4/c1-27-17-8-6-16-7-10-23(26)21(19(16)13-17)15-25-12-4-5-22(25)20-14-18(28-2)9-11-24(20)29-3/h6-11,13-14,22,26H,4-5,12,15H2,1-3H3/p+1/t22-/m0/s1. The van der Waals surface area contributed by atoms with Gasteiger partial charge in [0.05, 0.1) is 39.0 Å². The fraction of sp³-hybridized carbons (Fsp3) is 0.333. The molecule has 5 nitrogen and oxygen atoms in total.